The average Bonchev–Trinajstić information content (AvgIpc) is 3.15. The highest BCUT2D eigenvalue weighted by Gasteiger charge is 2.17. The first kappa shape index (κ1) is 21.7. The zero-order valence-electron chi connectivity index (χ0n) is 16.3. The summed E-state index contributed by atoms with van der Waals surface area (Å²) in [5.74, 6) is -0.717. The summed E-state index contributed by atoms with van der Waals surface area (Å²) in [7, 11) is 3.23. The van der Waals surface area contributed by atoms with Crippen LogP contribution in [0.1, 0.15) is 21.6 Å². The van der Waals surface area contributed by atoms with Crippen molar-refractivity contribution in [1.29, 1.82) is 0 Å². The van der Waals surface area contributed by atoms with Crippen LogP contribution in [0.3, 0.4) is 0 Å². The SMILES string of the molecule is COc1ccc(Cl)cc1CN(C)C(=O)Cc1csc(NC(=O)c2ccccc2F)n1. The number of hydrogen-bond donors (Lipinski definition) is 1. The van der Waals surface area contributed by atoms with Gasteiger partial charge in [-0.05, 0) is 30.3 Å². The van der Waals surface area contributed by atoms with E-state index >= 15 is 0 Å². The first-order valence-corrected chi connectivity index (χ1v) is 10.2. The van der Waals surface area contributed by atoms with E-state index < -0.39 is 11.7 Å². The van der Waals surface area contributed by atoms with Crippen LogP contribution in [-0.2, 0) is 17.8 Å². The smallest absolute Gasteiger partial charge is 0.260 e. The van der Waals surface area contributed by atoms with Crippen molar-refractivity contribution in [2.75, 3.05) is 19.5 Å². The maximum Gasteiger partial charge on any atom is 0.260 e. The molecule has 3 aromatic rings. The number of ether oxygens (including phenoxy) is 1. The Bertz CT molecular complexity index is 1070. The molecule has 6 nitrogen and oxygen atoms in total. The maximum absolute atomic E-state index is 13.7. The molecule has 0 aliphatic rings. The fraction of sp³-hybridized carbons (Fsp3) is 0.190. The van der Waals surface area contributed by atoms with Crippen molar-refractivity contribution in [2.24, 2.45) is 0 Å². The van der Waals surface area contributed by atoms with Crippen molar-refractivity contribution in [3.63, 3.8) is 0 Å². The summed E-state index contributed by atoms with van der Waals surface area (Å²) < 4.78 is 19.0. The molecule has 1 heterocycles. The molecule has 0 unspecified atom stereocenters. The van der Waals surface area contributed by atoms with Crippen LogP contribution in [0, 0.1) is 5.82 Å². The van der Waals surface area contributed by atoms with Gasteiger partial charge in [0, 0.05) is 29.6 Å². The summed E-state index contributed by atoms with van der Waals surface area (Å²) in [5, 5.41) is 5.09. The minimum atomic E-state index is -0.611. The standard InChI is InChI=1S/C21H19ClFN3O3S/c1-26(11-13-9-14(22)7-8-18(13)29-2)19(27)10-15-12-30-21(24-15)25-20(28)16-5-3-4-6-17(16)23/h3-9,12H,10-11H2,1-2H3,(H,24,25,28). The molecule has 9 heteroatoms. The fourth-order valence-electron chi connectivity index (χ4n) is 2.76. The molecule has 30 heavy (non-hydrogen) atoms. The zero-order chi connectivity index (χ0) is 21.7. The Morgan fingerprint density at radius 1 is 1.27 bits per heavy atom. The van der Waals surface area contributed by atoms with Crippen molar-refractivity contribution in [2.45, 2.75) is 13.0 Å². The first-order valence-electron chi connectivity index (χ1n) is 8.94. The van der Waals surface area contributed by atoms with E-state index in [1.165, 1.54) is 29.5 Å². The minimum Gasteiger partial charge on any atom is -0.496 e. The molecule has 0 aliphatic heterocycles. The number of halogens is 2. The van der Waals surface area contributed by atoms with Gasteiger partial charge in [0.1, 0.15) is 11.6 Å². The summed E-state index contributed by atoms with van der Waals surface area (Å²) in [6.07, 6.45) is 0.0610. The van der Waals surface area contributed by atoms with E-state index in [2.05, 4.69) is 10.3 Å². The molecular weight excluding hydrogens is 429 g/mol. The number of amides is 2. The number of nitrogens with one attached hydrogen (secondary N) is 1. The zero-order valence-corrected chi connectivity index (χ0v) is 17.9. The van der Waals surface area contributed by atoms with Crippen LogP contribution in [0.4, 0.5) is 9.52 Å². The predicted octanol–water partition coefficient (Wildman–Crippen LogP) is 4.40. The van der Waals surface area contributed by atoms with Crippen LogP contribution in [-0.4, -0.2) is 35.9 Å². The third kappa shape index (κ3) is 5.34. The van der Waals surface area contributed by atoms with E-state index in [4.69, 9.17) is 16.3 Å². The van der Waals surface area contributed by atoms with Crippen LogP contribution < -0.4 is 10.1 Å². The normalized spacial score (nSPS) is 10.5. The van der Waals surface area contributed by atoms with Crippen LogP contribution >= 0.6 is 22.9 Å². The van der Waals surface area contributed by atoms with Gasteiger partial charge in [0.05, 0.1) is 24.8 Å². The van der Waals surface area contributed by atoms with Gasteiger partial charge in [-0.3, -0.25) is 14.9 Å². The maximum atomic E-state index is 13.7. The van der Waals surface area contributed by atoms with Gasteiger partial charge in [0.25, 0.3) is 5.91 Å². The molecule has 0 radical (unpaired) electrons. The molecular formula is C21H19ClFN3O3S. The number of carbonyl (C=O) groups excluding carboxylic acids is 2. The molecule has 0 spiro atoms. The highest BCUT2D eigenvalue weighted by molar-refractivity contribution is 7.14. The molecule has 156 valence electrons. The number of thiazole rings is 1. The van der Waals surface area contributed by atoms with Gasteiger partial charge in [0.15, 0.2) is 5.13 Å². The molecule has 2 aromatic carbocycles. The van der Waals surface area contributed by atoms with Crippen LogP contribution in [0.5, 0.6) is 5.75 Å². The molecule has 2 amide bonds. The second-order valence-corrected chi connectivity index (χ2v) is 7.76. The Kier molecular flexibility index (Phi) is 7.02. The van der Waals surface area contributed by atoms with Crippen molar-refractivity contribution >= 4 is 39.9 Å². The highest BCUT2D eigenvalue weighted by Crippen LogP contribution is 2.24. The number of hydrogen-bond acceptors (Lipinski definition) is 5. The largest absolute Gasteiger partial charge is 0.496 e. The van der Waals surface area contributed by atoms with E-state index in [9.17, 15) is 14.0 Å². The Balaban J connectivity index is 1.61. The third-order valence-corrected chi connectivity index (χ3v) is 5.34. The summed E-state index contributed by atoms with van der Waals surface area (Å²) in [6, 6.07) is 10.9. The van der Waals surface area contributed by atoms with Gasteiger partial charge in [0.2, 0.25) is 5.91 Å². The average molecular weight is 448 g/mol. The summed E-state index contributed by atoms with van der Waals surface area (Å²) in [5.41, 5.74) is 1.23. The summed E-state index contributed by atoms with van der Waals surface area (Å²) in [6.45, 7) is 0.323. The summed E-state index contributed by atoms with van der Waals surface area (Å²) in [4.78, 5) is 30.6. The van der Waals surface area contributed by atoms with Crippen LogP contribution in [0.15, 0.2) is 47.8 Å². The third-order valence-electron chi connectivity index (χ3n) is 4.30. The monoisotopic (exact) mass is 447 g/mol. The number of nitrogens with zero attached hydrogens (tertiary/aromatic N) is 2. The Labute approximate surface area is 182 Å². The Hall–Kier alpha value is -2.97. The number of aromatic nitrogens is 1. The van der Waals surface area contributed by atoms with Gasteiger partial charge in [-0.25, -0.2) is 9.37 Å². The van der Waals surface area contributed by atoms with E-state index in [0.717, 1.165) is 5.56 Å². The molecule has 1 aromatic heterocycles. The molecule has 3 rings (SSSR count). The topological polar surface area (TPSA) is 71.5 Å². The minimum absolute atomic E-state index is 0.0610. The molecule has 0 fully saturated rings. The number of rotatable bonds is 7. The molecule has 0 atom stereocenters. The van der Waals surface area contributed by atoms with Crippen molar-refractivity contribution in [1.82, 2.24) is 9.88 Å². The quantitative estimate of drug-likeness (QED) is 0.582. The van der Waals surface area contributed by atoms with E-state index in [-0.39, 0.29) is 17.9 Å². The second-order valence-electron chi connectivity index (χ2n) is 6.46. The first-order chi connectivity index (χ1) is 14.4. The van der Waals surface area contributed by atoms with Crippen molar-refractivity contribution in [3.05, 3.63) is 75.5 Å². The number of likely N-dealkylation sites (N-methyl/N-ethyl adjacent to an activating group) is 1. The Morgan fingerprint density at radius 3 is 2.77 bits per heavy atom. The molecule has 0 bridgehead atoms. The lowest BCUT2D eigenvalue weighted by Gasteiger charge is -2.18. The number of carbonyl (C=O) groups is 2. The molecule has 0 aliphatic carbocycles. The molecule has 0 saturated carbocycles. The lowest BCUT2D eigenvalue weighted by molar-refractivity contribution is -0.129. The van der Waals surface area contributed by atoms with Gasteiger partial charge in [-0.2, -0.15) is 0 Å². The summed E-state index contributed by atoms with van der Waals surface area (Å²) >= 11 is 7.21. The lowest BCUT2D eigenvalue weighted by atomic mass is 10.2. The van der Waals surface area contributed by atoms with Gasteiger partial charge in [-0.1, -0.05) is 23.7 Å². The van der Waals surface area contributed by atoms with Gasteiger partial charge >= 0.3 is 0 Å². The molecule has 0 saturated heterocycles. The van der Waals surface area contributed by atoms with E-state index in [1.807, 2.05) is 0 Å². The number of benzene rings is 2. The number of anilines is 1. The predicted molar refractivity (Wildman–Crippen MR) is 115 cm³/mol. The van der Waals surface area contributed by atoms with Crippen molar-refractivity contribution < 1.29 is 18.7 Å². The van der Waals surface area contributed by atoms with Crippen LogP contribution in [0.2, 0.25) is 5.02 Å². The second kappa shape index (κ2) is 9.69. The van der Waals surface area contributed by atoms with Gasteiger partial charge < -0.3 is 9.64 Å². The van der Waals surface area contributed by atoms with Gasteiger partial charge in [-0.15, -0.1) is 11.3 Å². The highest BCUT2D eigenvalue weighted by atomic mass is 35.5. The van der Waals surface area contributed by atoms with E-state index in [1.54, 1.807) is 48.7 Å². The van der Waals surface area contributed by atoms with Crippen molar-refractivity contribution in [3.8, 4) is 5.75 Å². The fourth-order valence-corrected chi connectivity index (χ4v) is 3.66. The Morgan fingerprint density at radius 2 is 2.03 bits per heavy atom. The number of methoxy groups -OCH3 is 1. The van der Waals surface area contributed by atoms with E-state index in [0.29, 0.717) is 28.1 Å². The lowest BCUT2D eigenvalue weighted by Crippen LogP contribution is -2.28. The van der Waals surface area contributed by atoms with Crippen LogP contribution in [0.25, 0.3) is 0 Å². The molecule has 1 N–H and O–H groups in total.